The van der Waals surface area contributed by atoms with Crippen LogP contribution in [0.25, 0.3) is 0 Å². The van der Waals surface area contributed by atoms with Crippen LogP contribution in [-0.4, -0.2) is 17.3 Å². The van der Waals surface area contributed by atoms with Gasteiger partial charge in [-0.1, -0.05) is 29.8 Å². The number of ether oxygens (including phenoxy) is 1. The van der Waals surface area contributed by atoms with Gasteiger partial charge in [0, 0.05) is 16.6 Å². The average Bonchev–Trinajstić information content (AvgIpc) is 2.36. The minimum atomic E-state index is -0.751. The van der Waals surface area contributed by atoms with Crippen LogP contribution in [0, 0.1) is 0 Å². The summed E-state index contributed by atoms with van der Waals surface area (Å²) in [6.07, 6.45) is 1.36. The molecule has 0 unspecified atom stereocenters. The van der Waals surface area contributed by atoms with E-state index >= 15 is 0 Å². The van der Waals surface area contributed by atoms with Gasteiger partial charge in [0.2, 0.25) is 0 Å². The minimum absolute atomic E-state index is 0.300. The lowest BCUT2D eigenvalue weighted by molar-refractivity contribution is -0.0116. The third-order valence-electron chi connectivity index (χ3n) is 3.06. The van der Waals surface area contributed by atoms with Gasteiger partial charge in [0.1, 0.15) is 12.4 Å². The normalized spacial score (nSPS) is 11.6. The smallest absolute Gasteiger partial charge is 0.124 e. The second-order valence-electron chi connectivity index (χ2n) is 4.18. The Kier molecular flexibility index (Phi) is 5.43. The molecule has 4 heteroatoms. The molecule has 0 aliphatic carbocycles. The molecule has 0 radical (unpaired) electrons. The topological polar surface area (TPSA) is 55.5 Å². The molecule has 0 aliphatic heterocycles. The zero-order valence-corrected chi connectivity index (χ0v) is 12.0. The number of aliphatic hydroxyl groups is 1. The van der Waals surface area contributed by atoms with E-state index in [2.05, 4.69) is 15.9 Å². The second kappa shape index (κ2) is 6.38. The zero-order chi connectivity index (χ0) is 12.9. The van der Waals surface area contributed by atoms with Gasteiger partial charge in [0.25, 0.3) is 0 Å². The van der Waals surface area contributed by atoms with E-state index in [-0.39, 0.29) is 0 Å². The van der Waals surface area contributed by atoms with Crippen LogP contribution in [0.2, 0.25) is 0 Å². The summed E-state index contributed by atoms with van der Waals surface area (Å²) in [7, 11) is 0. The molecule has 0 bridgehead atoms. The lowest BCUT2D eigenvalue weighted by atomic mass is 9.99. The van der Waals surface area contributed by atoms with Crippen LogP contribution in [0.3, 0.4) is 0 Å². The Morgan fingerprint density at radius 2 is 2.00 bits per heavy atom. The molecule has 96 valence electrons. The van der Waals surface area contributed by atoms with E-state index in [1.807, 2.05) is 32.0 Å². The van der Waals surface area contributed by atoms with Crippen LogP contribution in [0.5, 0.6) is 5.75 Å². The summed E-state index contributed by atoms with van der Waals surface area (Å²) >= 11 is 3.39. The van der Waals surface area contributed by atoms with Gasteiger partial charge >= 0.3 is 0 Å². The predicted molar refractivity (Wildman–Crippen MR) is 73.1 cm³/mol. The first kappa shape index (κ1) is 14.5. The fourth-order valence-electron chi connectivity index (χ4n) is 1.51. The fourth-order valence-corrected chi connectivity index (χ4v) is 1.92. The highest BCUT2D eigenvalue weighted by molar-refractivity contribution is 9.10. The lowest BCUT2D eigenvalue weighted by Crippen LogP contribution is -2.34. The molecule has 0 fully saturated rings. The third kappa shape index (κ3) is 3.98. The number of halogens is 1. The van der Waals surface area contributed by atoms with Crippen molar-refractivity contribution in [3.05, 3.63) is 28.2 Å². The lowest BCUT2D eigenvalue weighted by Gasteiger charge is -2.25. The van der Waals surface area contributed by atoms with Crippen molar-refractivity contribution in [2.45, 2.75) is 38.8 Å². The second-order valence-corrected chi connectivity index (χ2v) is 5.09. The third-order valence-corrected chi connectivity index (χ3v) is 3.55. The minimum Gasteiger partial charge on any atom is -0.490 e. The Bertz CT molecular complexity index is 364. The van der Waals surface area contributed by atoms with Crippen LogP contribution >= 0.6 is 15.9 Å². The molecule has 3 N–H and O–H groups in total. The standard InChI is InChI=1S/C13H20BrNO2/c1-3-13(16,4-2)9-17-12-6-5-11(14)7-10(12)8-15/h5-7,16H,3-4,8-9,15H2,1-2H3. The highest BCUT2D eigenvalue weighted by Crippen LogP contribution is 2.25. The molecule has 0 saturated heterocycles. The molecule has 0 aromatic heterocycles. The maximum atomic E-state index is 10.1. The molecule has 0 spiro atoms. The number of rotatable bonds is 6. The summed E-state index contributed by atoms with van der Waals surface area (Å²) in [4.78, 5) is 0. The van der Waals surface area contributed by atoms with E-state index in [9.17, 15) is 5.11 Å². The van der Waals surface area contributed by atoms with E-state index in [1.165, 1.54) is 0 Å². The van der Waals surface area contributed by atoms with Crippen molar-refractivity contribution >= 4 is 15.9 Å². The summed E-state index contributed by atoms with van der Waals surface area (Å²) in [5, 5.41) is 10.1. The summed E-state index contributed by atoms with van der Waals surface area (Å²) < 4.78 is 6.66. The van der Waals surface area contributed by atoms with E-state index in [0.717, 1.165) is 15.8 Å². The van der Waals surface area contributed by atoms with Gasteiger partial charge in [-0.25, -0.2) is 0 Å². The van der Waals surface area contributed by atoms with Gasteiger partial charge in [-0.05, 0) is 31.0 Å². The van der Waals surface area contributed by atoms with Gasteiger partial charge in [-0.3, -0.25) is 0 Å². The maximum Gasteiger partial charge on any atom is 0.124 e. The highest BCUT2D eigenvalue weighted by Gasteiger charge is 2.23. The molecule has 0 atom stereocenters. The van der Waals surface area contributed by atoms with Gasteiger partial charge in [0.05, 0.1) is 5.60 Å². The van der Waals surface area contributed by atoms with E-state index < -0.39 is 5.60 Å². The van der Waals surface area contributed by atoms with E-state index in [0.29, 0.717) is 26.0 Å². The quantitative estimate of drug-likeness (QED) is 0.849. The molecule has 1 aromatic rings. The zero-order valence-electron chi connectivity index (χ0n) is 10.4. The van der Waals surface area contributed by atoms with Crippen molar-refractivity contribution in [2.75, 3.05) is 6.61 Å². The average molecular weight is 302 g/mol. The van der Waals surface area contributed by atoms with Gasteiger partial charge in [-0.2, -0.15) is 0 Å². The molecule has 0 amide bonds. The molecule has 17 heavy (non-hydrogen) atoms. The van der Waals surface area contributed by atoms with Crippen molar-refractivity contribution in [3.63, 3.8) is 0 Å². The summed E-state index contributed by atoms with van der Waals surface area (Å²) in [5.74, 6) is 0.746. The van der Waals surface area contributed by atoms with Crippen LogP contribution < -0.4 is 10.5 Å². The number of nitrogens with two attached hydrogens (primary N) is 1. The van der Waals surface area contributed by atoms with Gasteiger partial charge < -0.3 is 15.6 Å². The largest absolute Gasteiger partial charge is 0.490 e. The molecular formula is C13H20BrNO2. The molecule has 0 heterocycles. The summed E-state index contributed by atoms with van der Waals surface area (Å²) in [6.45, 7) is 4.64. The van der Waals surface area contributed by atoms with Crippen molar-refractivity contribution in [2.24, 2.45) is 5.73 Å². The maximum absolute atomic E-state index is 10.1. The van der Waals surface area contributed by atoms with Crippen LogP contribution in [-0.2, 0) is 6.54 Å². The molecule has 1 rings (SSSR count). The Morgan fingerprint density at radius 1 is 1.35 bits per heavy atom. The SMILES string of the molecule is CCC(O)(CC)COc1ccc(Br)cc1CN. The molecule has 0 aliphatic rings. The molecular weight excluding hydrogens is 282 g/mol. The molecule has 3 nitrogen and oxygen atoms in total. The summed E-state index contributed by atoms with van der Waals surface area (Å²) in [5.41, 5.74) is 5.85. The first-order valence-corrected chi connectivity index (χ1v) is 6.67. The first-order chi connectivity index (χ1) is 8.04. The predicted octanol–water partition coefficient (Wildman–Crippen LogP) is 2.84. The van der Waals surface area contributed by atoms with Crippen LogP contribution in [0.15, 0.2) is 22.7 Å². The molecule has 1 aromatic carbocycles. The molecule has 0 saturated carbocycles. The van der Waals surface area contributed by atoms with Gasteiger partial charge in [0.15, 0.2) is 0 Å². The number of benzene rings is 1. The fraction of sp³-hybridized carbons (Fsp3) is 0.538. The van der Waals surface area contributed by atoms with Crippen LogP contribution in [0.4, 0.5) is 0 Å². The van der Waals surface area contributed by atoms with Crippen molar-refractivity contribution < 1.29 is 9.84 Å². The van der Waals surface area contributed by atoms with Crippen molar-refractivity contribution in [1.29, 1.82) is 0 Å². The Hall–Kier alpha value is -0.580. The Morgan fingerprint density at radius 3 is 2.53 bits per heavy atom. The first-order valence-electron chi connectivity index (χ1n) is 5.88. The van der Waals surface area contributed by atoms with E-state index in [4.69, 9.17) is 10.5 Å². The van der Waals surface area contributed by atoms with Crippen molar-refractivity contribution in [3.8, 4) is 5.75 Å². The highest BCUT2D eigenvalue weighted by atomic mass is 79.9. The number of hydrogen-bond donors (Lipinski definition) is 2. The van der Waals surface area contributed by atoms with Crippen molar-refractivity contribution in [1.82, 2.24) is 0 Å². The van der Waals surface area contributed by atoms with Crippen LogP contribution in [0.1, 0.15) is 32.3 Å². The monoisotopic (exact) mass is 301 g/mol. The Balaban J connectivity index is 2.75. The van der Waals surface area contributed by atoms with E-state index in [1.54, 1.807) is 0 Å². The van der Waals surface area contributed by atoms with Gasteiger partial charge in [-0.15, -0.1) is 0 Å². The number of hydrogen-bond acceptors (Lipinski definition) is 3. The summed E-state index contributed by atoms with van der Waals surface area (Å²) in [6, 6.07) is 5.72. The Labute approximate surface area is 111 Å².